The first-order chi connectivity index (χ1) is 11.8. The normalized spacial score (nSPS) is 16.3. The molecule has 25 heavy (non-hydrogen) atoms. The second kappa shape index (κ2) is 9.21. The Balaban J connectivity index is 1.72. The molecule has 0 atom stereocenters. The molecule has 1 aliphatic rings. The van der Waals surface area contributed by atoms with E-state index in [1.807, 2.05) is 0 Å². The fourth-order valence-electron chi connectivity index (χ4n) is 2.58. The summed E-state index contributed by atoms with van der Waals surface area (Å²) < 4.78 is 41.3. The van der Waals surface area contributed by atoms with Gasteiger partial charge in [-0.05, 0) is 24.6 Å². The van der Waals surface area contributed by atoms with Crippen molar-refractivity contribution in [1.29, 1.82) is 0 Å². The average molecular weight is 444 g/mol. The van der Waals surface area contributed by atoms with Crippen LogP contribution in [0.15, 0.2) is 22.7 Å². The number of carbonyl (C=O) groups is 1. The quantitative estimate of drug-likeness (QED) is 0.627. The minimum absolute atomic E-state index is 0.0757. The van der Waals surface area contributed by atoms with E-state index < -0.39 is 12.8 Å². The molecular formula is C16H19BrClF3N2O2. The van der Waals surface area contributed by atoms with Gasteiger partial charge in [0.25, 0.3) is 5.91 Å². The first-order valence-corrected chi connectivity index (χ1v) is 9.04. The Bertz CT molecular complexity index is 593. The maximum atomic E-state index is 12.5. The Kier molecular flexibility index (Phi) is 7.54. The SMILES string of the molecule is O=C(c1cc(Br)ccc1Cl)N1CCN(CCCOCC(F)(F)F)CC1. The first kappa shape index (κ1) is 20.5. The highest BCUT2D eigenvalue weighted by molar-refractivity contribution is 9.10. The zero-order valence-corrected chi connectivity index (χ0v) is 15.8. The van der Waals surface area contributed by atoms with Crippen molar-refractivity contribution < 1.29 is 22.7 Å². The third-order valence-corrected chi connectivity index (χ3v) is 4.67. The Morgan fingerprint density at radius 3 is 2.56 bits per heavy atom. The molecular weight excluding hydrogens is 425 g/mol. The van der Waals surface area contributed by atoms with Gasteiger partial charge in [-0.25, -0.2) is 0 Å². The number of alkyl halides is 3. The third-order valence-electron chi connectivity index (χ3n) is 3.85. The van der Waals surface area contributed by atoms with Crippen LogP contribution in [0.25, 0.3) is 0 Å². The van der Waals surface area contributed by atoms with E-state index in [0.717, 1.165) is 4.47 Å². The molecule has 1 fully saturated rings. The Hall–Kier alpha value is -0.830. The van der Waals surface area contributed by atoms with Crippen molar-refractivity contribution in [3.05, 3.63) is 33.3 Å². The van der Waals surface area contributed by atoms with Crippen LogP contribution in [0.2, 0.25) is 5.02 Å². The number of hydrogen-bond donors (Lipinski definition) is 0. The highest BCUT2D eigenvalue weighted by Gasteiger charge is 2.27. The second-order valence-corrected chi connectivity index (χ2v) is 7.10. The number of nitrogens with zero attached hydrogens (tertiary/aromatic N) is 2. The number of carbonyl (C=O) groups excluding carboxylic acids is 1. The lowest BCUT2D eigenvalue weighted by Gasteiger charge is -2.35. The molecule has 4 nitrogen and oxygen atoms in total. The van der Waals surface area contributed by atoms with Crippen LogP contribution >= 0.6 is 27.5 Å². The molecule has 1 saturated heterocycles. The van der Waals surface area contributed by atoms with E-state index in [9.17, 15) is 18.0 Å². The largest absolute Gasteiger partial charge is 0.411 e. The molecule has 140 valence electrons. The molecule has 0 aliphatic carbocycles. The molecule has 1 aliphatic heterocycles. The van der Waals surface area contributed by atoms with Gasteiger partial charge in [-0.2, -0.15) is 13.2 Å². The molecule has 0 saturated carbocycles. The van der Waals surface area contributed by atoms with E-state index in [2.05, 4.69) is 25.6 Å². The summed E-state index contributed by atoms with van der Waals surface area (Å²) >= 11 is 9.43. The van der Waals surface area contributed by atoms with Gasteiger partial charge in [-0.15, -0.1) is 0 Å². The van der Waals surface area contributed by atoms with Crippen molar-refractivity contribution in [3.8, 4) is 0 Å². The standard InChI is InChI=1S/C16H19BrClF3N2O2/c17-12-2-3-14(18)13(10-12)15(24)23-7-5-22(6-8-23)4-1-9-25-11-16(19,20)21/h2-3,10H,1,4-9,11H2. The monoisotopic (exact) mass is 442 g/mol. The van der Waals surface area contributed by atoms with Gasteiger partial charge in [0, 0.05) is 43.8 Å². The van der Waals surface area contributed by atoms with E-state index in [-0.39, 0.29) is 12.5 Å². The molecule has 2 rings (SSSR count). The summed E-state index contributed by atoms with van der Waals surface area (Å²) in [6.45, 7) is 2.00. The summed E-state index contributed by atoms with van der Waals surface area (Å²) in [5.41, 5.74) is 0.463. The minimum atomic E-state index is -4.28. The van der Waals surface area contributed by atoms with Gasteiger partial charge in [0.2, 0.25) is 0 Å². The first-order valence-electron chi connectivity index (χ1n) is 7.87. The van der Waals surface area contributed by atoms with Crippen molar-refractivity contribution in [3.63, 3.8) is 0 Å². The van der Waals surface area contributed by atoms with Crippen LogP contribution < -0.4 is 0 Å². The number of rotatable bonds is 6. The molecule has 0 N–H and O–H groups in total. The number of benzene rings is 1. The molecule has 1 aromatic rings. The second-order valence-electron chi connectivity index (χ2n) is 5.78. The summed E-state index contributed by atoms with van der Waals surface area (Å²) in [7, 11) is 0. The van der Waals surface area contributed by atoms with Crippen LogP contribution in [0.3, 0.4) is 0 Å². The Labute approximate surface area is 158 Å². The predicted molar refractivity (Wildman–Crippen MR) is 93.0 cm³/mol. The van der Waals surface area contributed by atoms with Gasteiger partial charge in [-0.3, -0.25) is 9.69 Å². The highest BCUT2D eigenvalue weighted by atomic mass is 79.9. The number of halogens is 5. The molecule has 1 heterocycles. The molecule has 1 amide bonds. The van der Waals surface area contributed by atoms with Gasteiger partial charge in [-0.1, -0.05) is 27.5 Å². The van der Waals surface area contributed by atoms with Gasteiger partial charge in [0.05, 0.1) is 10.6 Å². The number of hydrogen-bond acceptors (Lipinski definition) is 3. The highest BCUT2D eigenvalue weighted by Crippen LogP contribution is 2.23. The lowest BCUT2D eigenvalue weighted by atomic mass is 10.1. The lowest BCUT2D eigenvalue weighted by molar-refractivity contribution is -0.174. The molecule has 0 unspecified atom stereocenters. The topological polar surface area (TPSA) is 32.8 Å². The Morgan fingerprint density at radius 2 is 1.92 bits per heavy atom. The molecule has 0 bridgehead atoms. The van der Waals surface area contributed by atoms with Crippen molar-refractivity contribution in [2.75, 3.05) is 45.9 Å². The van der Waals surface area contributed by atoms with E-state index in [4.69, 9.17) is 11.6 Å². The maximum Gasteiger partial charge on any atom is 0.411 e. The molecule has 9 heteroatoms. The van der Waals surface area contributed by atoms with Gasteiger partial charge >= 0.3 is 6.18 Å². The smallest absolute Gasteiger partial charge is 0.372 e. The molecule has 0 spiro atoms. The van der Waals surface area contributed by atoms with Crippen molar-refractivity contribution in [2.45, 2.75) is 12.6 Å². The zero-order valence-electron chi connectivity index (χ0n) is 13.5. The van der Waals surface area contributed by atoms with Gasteiger partial charge < -0.3 is 9.64 Å². The summed E-state index contributed by atoms with van der Waals surface area (Å²) in [4.78, 5) is 16.4. The van der Waals surface area contributed by atoms with Crippen LogP contribution in [0, 0.1) is 0 Å². The fraction of sp³-hybridized carbons (Fsp3) is 0.562. The van der Waals surface area contributed by atoms with E-state index in [0.29, 0.717) is 49.7 Å². The van der Waals surface area contributed by atoms with Gasteiger partial charge in [0.15, 0.2) is 0 Å². The third kappa shape index (κ3) is 6.77. The van der Waals surface area contributed by atoms with Crippen LogP contribution in [-0.2, 0) is 4.74 Å². The number of ether oxygens (including phenoxy) is 1. The minimum Gasteiger partial charge on any atom is -0.372 e. The number of piperazine rings is 1. The zero-order chi connectivity index (χ0) is 18.4. The fourth-order valence-corrected chi connectivity index (χ4v) is 3.14. The summed E-state index contributed by atoms with van der Waals surface area (Å²) in [6.07, 6.45) is -3.75. The van der Waals surface area contributed by atoms with E-state index in [1.54, 1.807) is 23.1 Å². The van der Waals surface area contributed by atoms with Crippen molar-refractivity contribution in [2.24, 2.45) is 0 Å². The maximum absolute atomic E-state index is 12.5. The van der Waals surface area contributed by atoms with Gasteiger partial charge in [0.1, 0.15) is 6.61 Å². The summed E-state index contributed by atoms with van der Waals surface area (Å²) in [6, 6.07) is 5.16. The van der Waals surface area contributed by atoms with E-state index in [1.165, 1.54) is 0 Å². The summed E-state index contributed by atoms with van der Waals surface area (Å²) in [5.74, 6) is -0.112. The van der Waals surface area contributed by atoms with Crippen LogP contribution in [0.1, 0.15) is 16.8 Å². The number of amides is 1. The average Bonchev–Trinajstić information content (AvgIpc) is 2.56. The lowest BCUT2D eigenvalue weighted by Crippen LogP contribution is -2.49. The van der Waals surface area contributed by atoms with Crippen LogP contribution in [-0.4, -0.2) is 67.8 Å². The summed E-state index contributed by atoms with van der Waals surface area (Å²) in [5, 5.41) is 0.414. The van der Waals surface area contributed by atoms with Crippen LogP contribution in [0.5, 0.6) is 0 Å². The molecule has 0 radical (unpaired) electrons. The molecule has 1 aromatic carbocycles. The van der Waals surface area contributed by atoms with E-state index >= 15 is 0 Å². The predicted octanol–water partition coefficient (Wildman–Crippen LogP) is 3.83. The van der Waals surface area contributed by atoms with Crippen LogP contribution in [0.4, 0.5) is 13.2 Å². The van der Waals surface area contributed by atoms with Crippen molar-refractivity contribution >= 4 is 33.4 Å². The van der Waals surface area contributed by atoms with Crippen molar-refractivity contribution in [1.82, 2.24) is 9.80 Å². The molecule has 0 aromatic heterocycles. The Morgan fingerprint density at radius 1 is 1.24 bits per heavy atom.